The average molecular weight is 340 g/mol. The van der Waals surface area contributed by atoms with Crippen molar-refractivity contribution in [2.75, 3.05) is 6.61 Å². The van der Waals surface area contributed by atoms with Crippen LogP contribution in [0, 0.1) is 12.8 Å². The van der Waals surface area contributed by atoms with Gasteiger partial charge in [-0.2, -0.15) is 0 Å². The number of aliphatic hydroxyl groups excluding tert-OH is 1. The van der Waals surface area contributed by atoms with Crippen molar-refractivity contribution >= 4 is 27.9 Å². The predicted octanol–water partition coefficient (Wildman–Crippen LogP) is 3.29. The van der Waals surface area contributed by atoms with E-state index in [1.807, 2.05) is 25.1 Å². The van der Waals surface area contributed by atoms with Crippen molar-refractivity contribution in [3.05, 3.63) is 39.9 Å². The fraction of sp³-hybridized carbons (Fsp3) is 0.438. The Kier molecular flexibility index (Phi) is 6.96. The number of aryl methyl sites for hydroxylation is 1. The third kappa shape index (κ3) is 5.88. The second-order valence-corrected chi connectivity index (χ2v) is 6.23. The average Bonchev–Trinajstić information content (AvgIpc) is 2.36. The smallest absolute Gasteiger partial charge is 0.244 e. The number of benzene rings is 1. The van der Waals surface area contributed by atoms with E-state index in [1.54, 1.807) is 6.08 Å². The van der Waals surface area contributed by atoms with Crippen LogP contribution < -0.4 is 5.32 Å². The number of aliphatic hydroxyl groups is 1. The fourth-order valence-electron chi connectivity index (χ4n) is 1.93. The highest BCUT2D eigenvalue weighted by Crippen LogP contribution is 2.19. The van der Waals surface area contributed by atoms with Gasteiger partial charge in [0.1, 0.15) is 0 Å². The zero-order valence-electron chi connectivity index (χ0n) is 12.2. The lowest BCUT2D eigenvalue weighted by Gasteiger charge is -2.17. The molecule has 0 aliphatic carbocycles. The van der Waals surface area contributed by atoms with Gasteiger partial charge in [0.05, 0.1) is 12.6 Å². The monoisotopic (exact) mass is 339 g/mol. The van der Waals surface area contributed by atoms with Crippen LogP contribution in [0.1, 0.15) is 31.4 Å². The summed E-state index contributed by atoms with van der Waals surface area (Å²) in [6.45, 7) is 6.11. The molecular formula is C16H22BrNO2. The molecule has 0 saturated heterocycles. The van der Waals surface area contributed by atoms with Crippen LogP contribution in [0.3, 0.4) is 0 Å². The molecule has 0 bridgehead atoms. The summed E-state index contributed by atoms with van der Waals surface area (Å²) in [6, 6.07) is 5.78. The van der Waals surface area contributed by atoms with E-state index in [-0.39, 0.29) is 18.6 Å². The quantitative estimate of drug-likeness (QED) is 0.781. The molecule has 0 fully saturated rings. The first kappa shape index (κ1) is 16.9. The Balaban J connectivity index is 2.62. The maximum absolute atomic E-state index is 11.8. The molecule has 0 aliphatic heterocycles. The summed E-state index contributed by atoms with van der Waals surface area (Å²) >= 11 is 3.47. The van der Waals surface area contributed by atoms with Crippen LogP contribution >= 0.6 is 15.9 Å². The Morgan fingerprint density at radius 2 is 2.15 bits per heavy atom. The van der Waals surface area contributed by atoms with Crippen LogP contribution in [0.15, 0.2) is 28.7 Å². The molecule has 4 heteroatoms. The standard InChI is InChI=1S/C16H22BrNO2/c1-11(2)8-14(10-19)18-16(20)7-6-13-5-4-12(3)9-15(13)17/h4-7,9,11,14,19H,8,10H2,1-3H3,(H,18,20). The van der Waals surface area contributed by atoms with Crippen LogP contribution in [-0.4, -0.2) is 23.7 Å². The Morgan fingerprint density at radius 1 is 1.45 bits per heavy atom. The number of hydrogen-bond donors (Lipinski definition) is 2. The topological polar surface area (TPSA) is 49.3 Å². The SMILES string of the molecule is Cc1ccc(C=CC(=O)NC(CO)CC(C)C)c(Br)c1. The van der Waals surface area contributed by atoms with Crippen LogP contribution in [0.2, 0.25) is 0 Å². The lowest BCUT2D eigenvalue weighted by molar-refractivity contribution is -0.117. The van der Waals surface area contributed by atoms with Gasteiger partial charge in [-0.1, -0.05) is 41.9 Å². The zero-order chi connectivity index (χ0) is 15.1. The van der Waals surface area contributed by atoms with E-state index in [2.05, 4.69) is 35.1 Å². The molecule has 1 aromatic rings. The minimum atomic E-state index is -0.186. The van der Waals surface area contributed by atoms with Gasteiger partial charge in [-0.25, -0.2) is 0 Å². The molecular weight excluding hydrogens is 318 g/mol. The van der Waals surface area contributed by atoms with Crippen molar-refractivity contribution in [2.45, 2.75) is 33.2 Å². The maximum atomic E-state index is 11.8. The minimum absolute atomic E-state index is 0.0357. The summed E-state index contributed by atoms with van der Waals surface area (Å²) in [5.74, 6) is 0.250. The van der Waals surface area contributed by atoms with Crippen molar-refractivity contribution in [3.63, 3.8) is 0 Å². The number of nitrogens with one attached hydrogen (secondary N) is 1. The van der Waals surface area contributed by atoms with Gasteiger partial charge in [0.15, 0.2) is 0 Å². The molecule has 1 aromatic carbocycles. The summed E-state index contributed by atoms with van der Waals surface area (Å²) in [4.78, 5) is 11.8. The number of amides is 1. The number of hydrogen-bond acceptors (Lipinski definition) is 2. The summed E-state index contributed by atoms with van der Waals surface area (Å²) in [5, 5.41) is 12.0. The van der Waals surface area contributed by atoms with Crippen LogP contribution in [-0.2, 0) is 4.79 Å². The highest BCUT2D eigenvalue weighted by atomic mass is 79.9. The molecule has 2 N–H and O–H groups in total. The highest BCUT2D eigenvalue weighted by molar-refractivity contribution is 9.10. The van der Waals surface area contributed by atoms with Crippen molar-refractivity contribution in [1.82, 2.24) is 5.32 Å². The van der Waals surface area contributed by atoms with E-state index < -0.39 is 0 Å². The largest absolute Gasteiger partial charge is 0.394 e. The first-order valence-corrected chi connectivity index (χ1v) is 7.57. The third-order valence-electron chi connectivity index (χ3n) is 2.89. The van der Waals surface area contributed by atoms with Gasteiger partial charge < -0.3 is 10.4 Å². The minimum Gasteiger partial charge on any atom is -0.394 e. The number of carbonyl (C=O) groups is 1. The zero-order valence-corrected chi connectivity index (χ0v) is 13.8. The van der Waals surface area contributed by atoms with Crippen LogP contribution in [0.4, 0.5) is 0 Å². The van der Waals surface area contributed by atoms with Gasteiger partial charge in [0.25, 0.3) is 0 Å². The van der Waals surface area contributed by atoms with Gasteiger partial charge in [0, 0.05) is 10.5 Å². The van der Waals surface area contributed by atoms with E-state index >= 15 is 0 Å². The first-order valence-electron chi connectivity index (χ1n) is 6.78. The Labute approximate surface area is 129 Å². The Bertz CT molecular complexity index is 483. The first-order chi connectivity index (χ1) is 9.42. The highest BCUT2D eigenvalue weighted by Gasteiger charge is 2.11. The van der Waals surface area contributed by atoms with Crippen molar-refractivity contribution in [3.8, 4) is 0 Å². The molecule has 0 radical (unpaired) electrons. The van der Waals surface area contributed by atoms with E-state index in [1.165, 1.54) is 6.08 Å². The summed E-state index contributed by atoms with van der Waals surface area (Å²) in [7, 11) is 0. The predicted molar refractivity (Wildman–Crippen MR) is 86.4 cm³/mol. The Hall–Kier alpha value is -1.13. The summed E-state index contributed by atoms with van der Waals surface area (Å²) < 4.78 is 0.961. The van der Waals surface area contributed by atoms with Crippen LogP contribution in [0.25, 0.3) is 6.08 Å². The fourth-order valence-corrected chi connectivity index (χ4v) is 2.56. The summed E-state index contributed by atoms with van der Waals surface area (Å²) in [6.07, 6.45) is 4.03. The van der Waals surface area contributed by atoms with E-state index in [0.29, 0.717) is 5.92 Å². The molecule has 1 atom stereocenters. The molecule has 110 valence electrons. The molecule has 3 nitrogen and oxygen atoms in total. The lowest BCUT2D eigenvalue weighted by Crippen LogP contribution is -2.37. The molecule has 0 aliphatic rings. The normalized spacial score (nSPS) is 12.9. The molecule has 1 rings (SSSR count). The summed E-state index contributed by atoms with van der Waals surface area (Å²) in [5.41, 5.74) is 2.12. The second kappa shape index (κ2) is 8.22. The maximum Gasteiger partial charge on any atom is 0.244 e. The van der Waals surface area contributed by atoms with Crippen LogP contribution in [0.5, 0.6) is 0 Å². The molecule has 20 heavy (non-hydrogen) atoms. The molecule has 1 amide bonds. The van der Waals surface area contributed by atoms with Gasteiger partial charge in [-0.15, -0.1) is 0 Å². The number of carbonyl (C=O) groups excluding carboxylic acids is 1. The second-order valence-electron chi connectivity index (χ2n) is 5.38. The van der Waals surface area contributed by atoms with Crippen molar-refractivity contribution in [2.24, 2.45) is 5.92 Å². The molecule has 0 heterocycles. The van der Waals surface area contributed by atoms with E-state index in [4.69, 9.17) is 0 Å². The lowest BCUT2D eigenvalue weighted by atomic mass is 10.0. The van der Waals surface area contributed by atoms with Gasteiger partial charge in [0.2, 0.25) is 5.91 Å². The van der Waals surface area contributed by atoms with Gasteiger partial charge in [-0.3, -0.25) is 4.79 Å². The molecule has 0 saturated carbocycles. The van der Waals surface area contributed by atoms with Crippen molar-refractivity contribution in [1.29, 1.82) is 0 Å². The molecule has 1 unspecified atom stereocenters. The molecule has 0 aromatic heterocycles. The van der Waals surface area contributed by atoms with Gasteiger partial charge >= 0.3 is 0 Å². The van der Waals surface area contributed by atoms with Gasteiger partial charge in [-0.05, 0) is 42.5 Å². The van der Waals surface area contributed by atoms with E-state index in [9.17, 15) is 9.90 Å². The third-order valence-corrected chi connectivity index (χ3v) is 3.58. The molecule has 0 spiro atoms. The number of rotatable bonds is 6. The number of halogens is 1. The van der Waals surface area contributed by atoms with Crippen molar-refractivity contribution < 1.29 is 9.90 Å². The Morgan fingerprint density at radius 3 is 2.70 bits per heavy atom. The van der Waals surface area contributed by atoms with E-state index in [0.717, 1.165) is 22.0 Å².